The van der Waals surface area contributed by atoms with Gasteiger partial charge in [0.1, 0.15) is 0 Å². The third-order valence-corrected chi connectivity index (χ3v) is 7.21. The number of aromatic nitrogens is 1. The number of fused-ring (bicyclic) bond motifs is 1. The molecule has 1 heterocycles. The maximum Gasteiger partial charge on any atom is 0.239 e. The van der Waals surface area contributed by atoms with E-state index in [2.05, 4.69) is 44.7 Å². The van der Waals surface area contributed by atoms with Crippen LogP contribution in [0.15, 0.2) is 47.4 Å². The highest BCUT2D eigenvalue weighted by Gasteiger charge is 2.21. The van der Waals surface area contributed by atoms with Gasteiger partial charge in [0, 0.05) is 18.0 Å². The molecule has 0 radical (unpaired) electrons. The number of likely N-dealkylation sites (N-methyl/N-ethyl adjacent to an activating group) is 1. The number of rotatable bonds is 9. The minimum Gasteiger partial charge on any atom is -0.302 e. The molecule has 2 aromatic carbocycles. The molecule has 0 atom stereocenters. The first-order valence-electron chi connectivity index (χ1n) is 10.1. The van der Waals surface area contributed by atoms with Gasteiger partial charge in [-0.15, -0.1) is 11.8 Å². The van der Waals surface area contributed by atoms with Crippen LogP contribution in [-0.2, 0) is 4.79 Å². The van der Waals surface area contributed by atoms with Crippen LogP contribution in [0.25, 0.3) is 10.2 Å². The van der Waals surface area contributed by atoms with Crippen molar-refractivity contribution >= 4 is 44.4 Å². The van der Waals surface area contributed by atoms with Crippen LogP contribution in [0, 0.1) is 13.8 Å². The molecule has 0 aliphatic carbocycles. The average Bonchev–Trinajstić information content (AvgIpc) is 3.14. The van der Waals surface area contributed by atoms with E-state index in [0.717, 1.165) is 35.2 Å². The zero-order valence-corrected chi connectivity index (χ0v) is 19.3. The van der Waals surface area contributed by atoms with Gasteiger partial charge in [0.05, 0.1) is 16.0 Å². The van der Waals surface area contributed by atoms with E-state index in [-0.39, 0.29) is 5.91 Å². The van der Waals surface area contributed by atoms with Crippen molar-refractivity contribution < 1.29 is 4.79 Å². The van der Waals surface area contributed by atoms with Crippen molar-refractivity contribution in [3.8, 4) is 0 Å². The van der Waals surface area contributed by atoms with E-state index < -0.39 is 0 Å². The molecule has 0 aliphatic heterocycles. The fourth-order valence-electron chi connectivity index (χ4n) is 3.33. The Hall–Kier alpha value is -1.89. The van der Waals surface area contributed by atoms with E-state index in [4.69, 9.17) is 4.98 Å². The van der Waals surface area contributed by atoms with Crippen LogP contribution in [0.2, 0.25) is 0 Å². The maximum atomic E-state index is 13.2. The molecule has 3 aromatic rings. The molecule has 0 fully saturated rings. The summed E-state index contributed by atoms with van der Waals surface area (Å²) in [5.41, 5.74) is 3.41. The Morgan fingerprint density at radius 3 is 2.48 bits per heavy atom. The summed E-state index contributed by atoms with van der Waals surface area (Å²) in [4.78, 5) is 23.4. The van der Waals surface area contributed by atoms with Crippen molar-refractivity contribution in [1.82, 2.24) is 9.88 Å². The molecule has 3 rings (SSSR count). The first-order valence-corrected chi connectivity index (χ1v) is 11.9. The summed E-state index contributed by atoms with van der Waals surface area (Å²) in [5, 5.41) is 0.805. The first-order chi connectivity index (χ1) is 14.0. The first kappa shape index (κ1) is 21.8. The molecule has 0 saturated heterocycles. The number of amides is 1. The van der Waals surface area contributed by atoms with E-state index in [9.17, 15) is 4.79 Å². The minimum absolute atomic E-state index is 0.111. The van der Waals surface area contributed by atoms with E-state index in [1.807, 2.05) is 35.2 Å². The Morgan fingerprint density at radius 1 is 1.07 bits per heavy atom. The van der Waals surface area contributed by atoms with Crippen molar-refractivity contribution in [2.75, 3.05) is 36.8 Å². The second-order valence-corrected chi connectivity index (χ2v) is 9.13. The molecule has 0 bridgehead atoms. The smallest absolute Gasteiger partial charge is 0.239 e. The van der Waals surface area contributed by atoms with Crippen molar-refractivity contribution in [1.29, 1.82) is 0 Å². The molecule has 1 aromatic heterocycles. The van der Waals surface area contributed by atoms with Gasteiger partial charge in [-0.3, -0.25) is 9.69 Å². The van der Waals surface area contributed by atoms with Crippen LogP contribution in [0.4, 0.5) is 5.13 Å². The lowest BCUT2D eigenvalue weighted by molar-refractivity contribution is -0.116. The Bertz CT molecular complexity index is 951. The van der Waals surface area contributed by atoms with Gasteiger partial charge in [-0.05, 0) is 56.3 Å². The van der Waals surface area contributed by atoms with Crippen LogP contribution < -0.4 is 4.90 Å². The number of hydrogen-bond acceptors (Lipinski definition) is 5. The van der Waals surface area contributed by atoms with Gasteiger partial charge in [-0.1, -0.05) is 49.4 Å². The quantitative estimate of drug-likeness (QED) is 0.430. The summed E-state index contributed by atoms with van der Waals surface area (Å²) in [6.45, 7) is 12.0. The largest absolute Gasteiger partial charge is 0.302 e. The number of thiazole rings is 1. The van der Waals surface area contributed by atoms with Crippen molar-refractivity contribution in [3.63, 3.8) is 0 Å². The summed E-state index contributed by atoms with van der Waals surface area (Å²) in [6.07, 6.45) is 0. The van der Waals surface area contributed by atoms with Gasteiger partial charge in [-0.2, -0.15) is 0 Å². The zero-order valence-electron chi connectivity index (χ0n) is 17.6. The fourth-order valence-corrected chi connectivity index (χ4v) is 5.18. The molecule has 0 spiro atoms. The summed E-state index contributed by atoms with van der Waals surface area (Å²) < 4.78 is 1.17. The summed E-state index contributed by atoms with van der Waals surface area (Å²) in [6, 6.07) is 14.4. The Morgan fingerprint density at radius 2 is 1.79 bits per heavy atom. The topological polar surface area (TPSA) is 36.4 Å². The molecule has 0 aliphatic rings. The van der Waals surface area contributed by atoms with Crippen molar-refractivity contribution in [3.05, 3.63) is 53.6 Å². The third kappa shape index (κ3) is 5.59. The number of nitrogens with zero attached hydrogens (tertiary/aromatic N) is 3. The van der Waals surface area contributed by atoms with Crippen molar-refractivity contribution in [2.45, 2.75) is 32.6 Å². The normalized spacial score (nSPS) is 11.3. The number of thioether (sulfide) groups is 1. The van der Waals surface area contributed by atoms with Crippen LogP contribution in [0.1, 0.15) is 25.0 Å². The highest BCUT2D eigenvalue weighted by molar-refractivity contribution is 8.00. The lowest BCUT2D eigenvalue weighted by atomic mass is 10.1. The number of anilines is 1. The van der Waals surface area contributed by atoms with Gasteiger partial charge in [-0.25, -0.2) is 4.98 Å². The standard InChI is InChI=1S/C23H29N3OS2/c1-5-25(6-2)12-13-26(21(27)16-28-19-10-8-7-9-11-19)23-24-20-15-17(3)14-18(4)22(20)29-23/h7-11,14-15H,5-6,12-13,16H2,1-4H3. The molecule has 1 amide bonds. The monoisotopic (exact) mass is 427 g/mol. The molecule has 0 saturated carbocycles. The van der Waals surface area contributed by atoms with Gasteiger partial charge < -0.3 is 4.90 Å². The number of benzene rings is 2. The Kier molecular flexibility index (Phi) is 7.70. The van der Waals surface area contributed by atoms with Crippen LogP contribution in [0.5, 0.6) is 0 Å². The molecule has 0 N–H and O–H groups in total. The molecular weight excluding hydrogens is 398 g/mol. The SMILES string of the molecule is CCN(CC)CCN(C(=O)CSc1ccccc1)c1nc2cc(C)cc(C)c2s1. The Balaban J connectivity index is 1.83. The Labute approximate surface area is 181 Å². The van der Waals surface area contributed by atoms with Crippen molar-refractivity contribution in [2.24, 2.45) is 0 Å². The lowest BCUT2D eigenvalue weighted by Gasteiger charge is -2.24. The van der Waals surface area contributed by atoms with E-state index in [1.165, 1.54) is 15.8 Å². The molecule has 0 unspecified atom stereocenters. The van der Waals surface area contributed by atoms with Gasteiger partial charge >= 0.3 is 0 Å². The third-order valence-electron chi connectivity index (χ3n) is 4.98. The maximum absolute atomic E-state index is 13.2. The van der Waals surface area contributed by atoms with Crippen LogP contribution in [0.3, 0.4) is 0 Å². The van der Waals surface area contributed by atoms with Crippen LogP contribution in [-0.4, -0.2) is 47.7 Å². The molecule has 6 heteroatoms. The molecular formula is C23H29N3OS2. The fraction of sp³-hybridized carbons (Fsp3) is 0.391. The van der Waals surface area contributed by atoms with Gasteiger partial charge in [0.15, 0.2) is 5.13 Å². The molecule has 154 valence electrons. The zero-order chi connectivity index (χ0) is 20.8. The summed E-state index contributed by atoms with van der Waals surface area (Å²) in [5.74, 6) is 0.523. The van der Waals surface area contributed by atoms with Crippen LogP contribution >= 0.6 is 23.1 Å². The predicted octanol–water partition coefficient (Wildman–Crippen LogP) is 5.38. The predicted molar refractivity (Wildman–Crippen MR) is 126 cm³/mol. The van der Waals surface area contributed by atoms with E-state index >= 15 is 0 Å². The molecule has 4 nitrogen and oxygen atoms in total. The minimum atomic E-state index is 0.111. The van der Waals surface area contributed by atoms with E-state index in [0.29, 0.717) is 12.3 Å². The lowest BCUT2D eigenvalue weighted by Crippen LogP contribution is -2.39. The van der Waals surface area contributed by atoms with Gasteiger partial charge in [0.2, 0.25) is 5.91 Å². The average molecular weight is 428 g/mol. The summed E-state index contributed by atoms with van der Waals surface area (Å²) in [7, 11) is 0. The second-order valence-electron chi connectivity index (χ2n) is 7.10. The van der Waals surface area contributed by atoms with Gasteiger partial charge in [0.25, 0.3) is 0 Å². The number of hydrogen-bond donors (Lipinski definition) is 0. The highest BCUT2D eigenvalue weighted by Crippen LogP contribution is 2.32. The number of aryl methyl sites for hydroxylation is 2. The number of carbonyl (C=O) groups excluding carboxylic acids is 1. The second kappa shape index (κ2) is 10.2. The van der Waals surface area contributed by atoms with E-state index in [1.54, 1.807) is 23.1 Å². The highest BCUT2D eigenvalue weighted by atomic mass is 32.2. The number of carbonyl (C=O) groups is 1. The molecule has 29 heavy (non-hydrogen) atoms. The summed E-state index contributed by atoms with van der Waals surface area (Å²) >= 11 is 3.21.